The fraction of sp³-hybridized carbons (Fsp3) is 0.650. The molecule has 1 heterocycles. The molecular weight excluding hydrogens is 302 g/mol. The fourth-order valence-electron chi connectivity index (χ4n) is 4.81. The first-order valence-electron chi connectivity index (χ1n) is 9.18. The van der Waals surface area contributed by atoms with E-state index in [4.69, 9.17) is 15.2 Å². The van der Waals surface area contributed by atoms with Crippen molar-refractivity contribution < 1.29 is 14.3 Å². The largest absolute Gasteiger partial charge is 0.490 e. The molecule has 3 aliphatic rings. The van der Waals surface area contributed by atoms with Gasteiger partial charge in [-0.3, -0.25) is 4.79 Å². The van der Waals surface area contributed by atoms with Crippen LogP contribution in [0.2, 0.25) is 0 Å². The minimum absolute atomic E-state index is 0.132. The van der Waals surface area contributed by atoms with Crippen molar-refractivity contribution in [2.45, 2.75) is 51.2 Å². The SMILES string of the molecule is COC(=O)[C@@H](C)Cc1ccc2c(c1)OC(C1CC(N)C3C[C@@H]31)CC2. The predicted molar refractivity (Wildman–Crippen MR) is 91.7 cm³/mol. The molecule has 6 atom stereocenters. The number of hydrogen-bond donors (Lipinski definition) is 1. The van der Waals surface area contributed by atoms with E-state index >= 15 is 0 Å². The summed E-state index contributed by atoms with van der Waals surface area (Å²) < 4.78 is 11.2. The van der Waals surface area contributed by atoms with Gasteiger partial charge in [0.2, 0.25) is 0 Å². The van der Waals surface area contributed by atoms with Gasteiger partial charge in [-0.15, -0.1) is 0 Å². The number of fused-ring (bicyclic) bond motifs is 2. The van der Waals surface area contributed by atoms with Crippen LogP contribution < -0.4 is 10.5 Å². The number of ether oxygens (including phenoxy) is 2. The summed E-state index contributed by atoms with van der Waals surface area (Å²) in [6.45, 7) is 1.90. The van der Waals surface area contributed by atoms with Gasteiger partial charge in [0.1, 0.15) is 11.9 Å². The molecule has 2 fully saturated rings. The predicted octanol–water partition coefficient (Wildman–Crippen LogP) is 2.72. The van der Waals surface area contributed by atoms with Gasteiger partial charge >= 0.3 is 5.97 Å². The standard InChI is InChI=1S/C20H27NO3/c1-11(20(22)23-2)7-12-3-4-13-5-6-18(24-19(13)8-12)16-10-17(21)15-9-14(15)16/h3-4,8,11,14-18H,5-7,9-10,21H2,1-2H3/t11-,14-,15?,16?,17?,18?/m0/s1. The van der Waals surface area contributed by atoms with Crippen LogP contribution in [0.5, 0.6) is 5.75 Å². The molecule has 2 aliphatic carbocycles. The number of hydrogen-bond acceptors (Lipinski definition) is 4. The highest BCUT2D eigenvalue weighted by Crippen LogP contribution is 2.57. The maximum absolute atomic E-state index is 11.6. The van der Waals surface area contributed by atoms with Gasteiger partial charge in [0.05, 0.1) is 13.0 Å². The summed E-state index contributed by atoms with van der Waals surface area (Å²) in [5, 5.41) is 0. The third-order valence-electron chi connectivity index (χ3n) is 6.27. The summed E-state index contributed by atoms with van der Waals surface area (Å²) in [6, 6.07) is 6.78. The van der Waals surface area contributed by atoms with Crippen molar-refractivity contribution in [3.05, 3.63) is 29.3 Å². The lowest BCUT2D eigenvalue weighted by Gasteiger charge is -2.32. The van der Waals surface area contributed by atoms with E-state index < -0.39 is 0 Å². The molecule has 4 nitrogen and oxygen atoms in total. The molecule has 1 aromatic rings. The van der Waals surface area contributed by atoms with E-state index in [1.807, 2.05) is 6.92 Å². The van der Waals surface area contributed by atoms with Crippen molar-refractivity contribution in [2.75, 3.05) is 7.11 Å². The third kappa shape index (κ3) is 2.81. The van der Waals surface area contributed by atoms with E-state index in [0.717, 1.165) is 42.4 Å². The van der Waals surface area contributed by atoms with Crippen LogP contribution in [0.15, 0.2) is 18.2 Å². The lowest BCUT2D eigenvalue weighted by molar-refractivity contribution is -0.144. The minimum Gasteiger partial charge on any atom is -0.490 e. The average Bonchev–Trinajstić information content (AvgIpc) is 3.32. The van der Waals surface area contributed by atoms with E-state index in [9.17, 15) is 4.79 Å². The van der Waals surface area contributed by atoms with E-state index in [-0.39, 0.29) is 11.9 Å². The van der Waals surface area contributed by atoms with Crippen LogP contribution in [-0.4, -0.2) is 25.2 Å². The highest BCUT2D eigenvalue weighted by molar-refractivity contribution is 5.72. The zero-order valence-corrected chi connectivity index (χ0v) is 14.5. The van der Waals surface area contributed by atoms with Crippen LogP contribution in [-0.2, 0) is 22.4 Å². The van der Waals surface area contributed by atoms with Gasteiger partial charge in [-0.1, -0.05) is 19.1 Å². The van der Waals surface area contributed by atoms with Gasteiger partial charge in [0.15, 0.2) is 0 Å². The summed E-state index contributed by atoms with van der Waals surface area (Å²) in [5.41, 5.74) is 8.66. The molecule has 4 rings (SSSR count). The number of benzene rings is 1. The second-order valence-corrected chi connectivity index (χ2v) is 7.89. The Morgan fingerprint density at radius 3 is 2.83 bits per heavy atom. The molecule has 4 heteroatoms. The summed E-state index contributed by atoms with van der Waals surface area (Å²) >= 11 is 0. The fourth-order valence-corrected chi connectivity index (χ4v) is 4.81. The molecule has 0 amide bonds. The number of nitrogens with two attached hydrogens (primary N) is 1. The second kappa shape index (κ2) is 6.07. The Morgan fingerprint density at radius 2 is 2.17 bits per heavy atom. The van der Waals surface area contributed by atoms with Crippen LogP contribution in [0.3, 0.4) is 0 Å². The number of methoxy groups -OCH3 is 1. The molecule has 0 saturated heterocycles. The Balaban J connectivity index is 1.46. The first kappa shape index (κ1) is 15.9. The number of carbonyl (C=O) groups is 1. The molecule has 2 N–H and O–H groups in total. The zero-order valence-electron chi connectivity index (χ0n) is 14.5. The Morgan fingerprint density at radius 1 is 1.33 bits per heavy atom. The normalized spacial score (nSPS) is 34.7. The van der Waals surface area contributed by atoms with E-state index in [0.29, 0.717) is 24.5 Å². The van der Waals surface area contributed by atoms with E-state index in [1.165, 1.54) is 19.1 Å². The summed E-state index contributed by atoms with van der Waals surface area (Å²) in [7, 11) is 1.44. The van der Waals surface area contributed by atoms with Crippen LogP contribution in [0, 0.1) is 23.7 Å². The molecule has 1 aromatic carbocycles. The Hall–Kier alpha value is -1.55. The Bertz CT molecular complexity index is 644. The molecule has 1 aliphatic heterocycles. The molecule has 0 bridgehead atoms. The van der Waals surface area contributed by atoms with Gasteiger partial charge < -0.3 is 15.2 Å². The molecule has 24 heavy (non-hydrogen) atoms. The summed E-state index contributed by atoms with van der Waals surface area (Å²) in [4.78, 5) is 11.6. The van der Waals surface area contributed by atoms with Gasteiger partial charge in [0, 0.05) is 12.0 Å². The zero-order chi connectivity index (χ0) is 16.8. The van der Waals surface area contributed by atoms with Crippen LogP contribution in [0.1, 0.15) is 37.3 Å². The minimum atomic E-state index is -0.161. The molecule has 2 saturated carbocycles. The topological polar surface area (TPSA) is 61.5 Å². The number of esters is 1. The lowest BCUT2D eigenvalue weighted by Crippen LogP contribution is -2.33. The van der Waals surface area contributed by atoms with Gasteiger partial charge in [-0.25, -0.2) is 0 Å². The molecule has 130 valence electrons. The number of carbonyl (C=O) groups excluding carboxylic acids is 1. The summed E-state index contributed by atoms with van der Waals surface area (Å²) in [5.74, 6) is 2.91. The molecule has 0 spiro atoms. The first-order valence-corrected chi connectivity index (χ1v) is 9.18. The van der Waals surface area contributed by atoms with Crippen molar-refractivity contribution >= 4 is 5.97 Å². The third-order valence-corrected chi connectivity index (χ3v) is 6.27. The van der Waals surface area contributed by atoms with Crippen LogP contribution in [0.4, 0.5) is 0 Å². The van der Waals surface area contributed by atoms with Crippen molar-refractivity contribution in [1.82, 2.24) is 0 Å². The molecular formula is C20H27NO3. The van der Waals surface area contributed by atoms with Crippen molar-refractivity contribution in [2.24, 2.45) is 29.4 Å². The molecule has 0 radical (unpaired) electrons. The lowest BCUT2D eigenvalue weighted by atomic mass is 9.88. The van der Waals surface area contributed by atoms with E-state index in [1.54, 1.807) is 0 Å². The number of aryl methyl sites for hydroxylation is 1. The van der Waals surface area contributed by atoms with Crippen molar-refractivity contribution in [1.29, 1.82) is 0 Å². The maximum atomic E-state index is 11.6. The van der Waals surface area contributed by atoms with Crippen LogP contribution >= 0.6 is 0 Å². The van der Waals surface area contributed by atoms with E-state index in [2.05, 4.69) is 18.2 Å². The quantitative estimate of drug-likeness (QED) is 0.863. The Kier molecular flexibility index (Phi) is 4.03. The van der Waals surface area contributed by atoms with Gasteiger partial charge in [0.25, 0.3) is 0 Å². The Labute approximate surface area is 143 Å². The first-order chi connectivity index (χ1) is 11.6. The van der Waals surface area contributed by atoms with Gasteiger partial charge in [-0.2, -0.15) is 0 Å². The monoisotopic (exact) mass is 329 g/mol. The van der Waals surface area contributed by atoms with Gasteiger partial charge in [-0.05, 0) is 61.1 Å². The number of rotatable bonds is 4. The van der Waals surface area contributed by atoms with Crippen molar-refractivity contribution in [3.8, 4) is 5.75 Å². The summed E-state index contributed by atoms with van der Waals surface area (Å²) in [6.07, 6.45) is 5.60. The maximum Gasteiger partial charge on any atom is 0.308 e. The second-order valence-electron chi connectivity index (χ2n) is 7.89. The highest BCUT2D eigenvalue weighted by atomic mass is 16.5. The van der Waals surface area contributed by atoms with Crippen molar-refractivity contribution in [3.63, 3.8) is 0 Å². The highest BCUT2D eigenvalue weighted by Gasteiger charge is 2.55. The smallest absolute Gasteiger partial charge is 0.308 e. The average molecular weight is 329 g/mol. The van der Waals surface area contributed by atoms with Crippen LogP contribution in [0.25, 0.3) is 0 Å². The molecule has 0 aromatic heterocycles. The molecule has 4 unspecified atom stereocenters.